The average molecular weight is 420 g/mol. The number of sulfonamides is 1. The molecule has 0 aliphatic carbocycles. The minimum atomic E-state index is -3.30. The summed E-state index contributed by atoms with van der Waals surface area (Å²) in [6, 6.07) is 12.2. The number of rotatable bonds is 7. The Morgan fingerprint density at radius 3 is 2.38 bits per heavy atom. The summed E-state index contributed by atoms with van der Waals surface area (Å²) in [7, 11) is -1.92. The Balaban J connectivity index is 1.50. The molecule has 156 valence electrons. The largest absolute Gasteiger partial charge is 0.486 e. The molecule has 2 aromatic carbocycles. The quantitative estimate of drug-likeness (QED) is 0.637. The van der Waals surface area contributed by atoms with E-state index in [4.69, 9.17) is 9.47 Å². The zero-order valence-corrected chi connectivity index (χ0v) is 17.2. The van der Waals surface area contributed by atoms with Gasteiger partial charge in [-0.15, -0.1) is 0 Å². The highest BCUT2D eigenvalue weighted by Gasteiger charge is 2.16. The number of benzene rings is 2. The summed E-state index contributed by atoms with van der Waals surface area (Å²) < 4.78 is 36.5. The van der Waals surface area contributed by atoms with Crippen LogP contribution < -0.4 is 24.8 Å². The molecule has 3 N–H and O–H groups in total. The van der Waals surface area contributed by atoms with Crippen molar-refractivity contribution in [2.24, 2.45) is 0 Å². The lowest BCUT2D eigenvalue weighted by atomic mass is 10.1. The number of amides is 2. The van der Waals surface area contributed by atoms with Crippen LogP contribution >= 0.6 is 0 Å². The standard InChI is InChI=1S/C20H25N3O5S/c1-14(17-7-8-18-19(11-17)28-10-9-27-18)23-20(24)22-12-15-3-5-16(6-4-15)13-29(25,26)21-2/h3-8,11,14,21H,9-10,12-13H2,1-2H3,(H2,22,23,24). The van der Waals surface area contributed by atoms with Crippen molar-refractivity contribution < 1.29 is 22.7 Å². The van der Waals surface area contributed by atoms with Crippen LogP contribution in [0.2, 0.25) is 0 Å². The number of fused-ring (bicyclic) bond motifs is 1. The molecule has 8 nitrogen and oxygen atoms in total. The Morgan fingerprint density at radius 1 is 1.03 bits per heavy atom. The third kappa shape index (κ3) is 5.85. The number of hydrogen-bond acceptors (Lipinski definition) is 5. The van der Waals surface area contributed by atoms with Gasteiger partial charge in [0.1, 0.15) is 13.2 Å². The van der Waals surface area contributed by atoms with Crippen LogP contribution in [0.4, 0.5) is 4.79 Å². The Bertz CT molecular complexity index is 961. The third-order valence-electron chi connectivity index (χ3n) is 4.56. The summed E-state index contributed by atoms with van der Waals surface area (Å²) in [6.45, 7) is 3.27. The minimum absolute atomic E-state index is 0.0786. The molecule has 1 heterocycles. The first-order chi connectivity index (χ1) is 13.9. The second kappa shape index (κ2) is 9.15. The molecule has 0 spiro atoms. The molecule has 2 amide bonds. The van der Waals surface area contributed by atoms with E-state index in [0.29, 0.717) is 36.8 Å². The smallest absolute Gasteiger partial charge is 0.315 e. The predicted molar refractivity (Wildman–Crippen MR) is 109 cm³/mol. The van der Waals surface area contributed by atoms with Gasteiger partial charge in [-0.05, 0) is 42.8 Å². The van der Waals surface area contributed by atoms with Crippen LogP contribution in [0, 0.1) is 0 Å². The molecule has 2 aromatic rings. The second-order valence-electron chi connectivity index (χ2n) is 6.73. The van der Waals surface area contributed by atoms with Gasteiger partial charge in [0.15, 0.2) is 11.5 Å². The van der Waals surface area contributed by atoms with Crippen molar-refractivity contribution in [3.63, 3.8) is 0 Å². The van der Waals surface area contributed by atoms with Gasteiger partial charge in [-0.2, -0.15) is 0 Å². The fraction of sp³-hybridized carbons (Fsp3) is 0.350. The van der Waals surface area contributed by atoms with Crippen molar-refractivity contribution in [1.82, 2.24) is 15.4 Å². The zero-order valence-electron chi connectivity index (χ0n) is 16.4. The van der Waals surface area contributed by atoms with E-state index in [1.807, 2.05) is 25.1 Å². The molecule has 1 unspecified atom stereocenters. The van der Waals surface area contributed by atoms with Crippen molar-refractivity contribution in [1.29, 1.82) is 0 Å². The van der Waals surface area contributed by atoms with Gasteiger partial charge in [-0.3, -0.25) is 0 Å². The fourth-order valence-electron chi connectivity index (χ4n) is 2.89. The highest BCUT2D eigenvalue weighted by Crippen LogP contribution is 2.32. The van der Waals surface area contributed by atoms with E-state index in [-0.39, 0.29) is 17.8 Å². The van der Waals surface area contributed by atoms with E-state index >= 15 is 0 Å². The van der Waals surface area contributed by atoms with E-state index in [1.54, 1.807) is 24.3 Å². The zero-order chi connectivity index (χ0) is 20.9. The molecule has 0 fully saturated rings. The molecule has 0 aromatic heterocycles. The molecule has 1 aliphatic rings. The van der Waals surface area contributed by atoms with Gasteiger partial charge in [0.2, 0.25) is 10.0 Å². The highest BCUT2D eigenvalue weighted by atomic mass is 32.2. The molecule has 1 atom stereocenters. The highest BCUT2D eigenvalue weighted by molar-refractivity contribution is 7.88. The molecule has 0 radical (unpaired) electrons. The lowest BCUT2D eigenvalue weighted by Gasteiger charge is -2.21. The first-order valence-electron chi connectivity index (χ1n) is 9.29. The summed E-state index contributed by atoms with van der Waals surface area (Å²) in [4.78, 5) is 12.2. The number of hydrogen-bond donors (Lipinski definition) is 3. The van der Waals surface area contributed by atoms with E-state index in [0.717, 1.165) is 11.1 Å². The Morgan fingerprint density at radius 2 is 1.69 bits per heavy atom. The van der Waals surface area contributed by atoms with Gasteiger partial charge in [0.25, 0.3) is 0 Å². The van der Waals surface area contributed by atoms with Crippen LogP contribution in [-0.2, 0) is 22.3 Å². The summed E-state index contributed by atoms with van der Waals surface area (Å²) >= 11 is 0. The Kier molecular flexibility index (Phi) is 6.60. The molecule has 29 heavy (non-hydrogen) atoms. The van der Waals surface area contributed by atoms with Crippen molar-refractivity contribution >= 4 is 16.1 Å². The van der Waals surface area contributed by atoms with Gasteiger partial charge in [-0.1, -0.05) is 30.3 Å². The SMILES string of the molecule is CNS(=O)(=O)Cc1ccc(CNC(=O)NC(C)c2ccc3c(c2)OCCO3)cc1. The molecule has 1 aliphatic heterocycles. The normalized spacial score (nSPS) is 14.1. The van der Waals surface area contributed by atoms with Crippen LogP contribution in [0.15, 0.2) is 42.5 Å². The first kappa shape index (κ1) is 20.9. The number of nitrogens with one attached hydrogen (secondary N) is 3. The molecule has 0 saturated carbocycles. The van der Waals surface area contributed by atoms with Crippen molar-refractivity contribution in [2.75, 3.05) is 20.3 Å². The Labute approximate surface area is 170 Å². The van der Waals surface area contributed by atoms with Gasteiger partial charge in [-0.25, -0.2) is 17.9 Å². The molecular formula is C20H25N3O5S. The topological polar surface area (TPSA) is 106 Å². The first-order valence-corrected chi connectivity index (χ1v) is 10.9. The van der Waals surface area contributed by atoms with E-state index in [2.05, 4.69) is 15.4 Å². The van der Waals surface area contributed by atoms with Crippen LogP contribution in [0.1, 0.15) is 29.7 Å². The summed E-state index contributed by atoms with van der Waals surface area (Å²) in [5.41, 5.74) is 2.47. The number of carbonyl (C=O) groups excluding carboxylic acids is 1. The maximum absolute atomic E-state index is 12.2. The van der Waals surface area contributed by atoms with E-state index < -0.39 is 10.0 Å². The molecule has 0 saturated heterocycles. The molecule has 9 heteroatoms. The van der Waals surface area contributed by atoms with Crippen LogP contribution in [0.5, 0.6) is 11.5 Å². The predicted octanol–water partition coefficient (Wildman–Crippen LogP) is 2.07. The Hall–Kier alpha value is -2.78. The molecule has 3 rings (SSSR count). The molecule has 0 bridgehead atoms. The molecular weight excluding hydrogens is 394 g/mol. The lowest BCUT2D eigenvalue weighted by molar-refractivity contribution is 0.171. The van der Waals surface area contributed by atoms with E-state index in [1.165, 1.54) is 7.05 Å². The lowest BCUT2D eigenvalue weighted by Crippen LogP contribution is -2.36. The van der Waals surface area contributed by atoms with Crippen LogP contribution in [-0.4, -0.2) is 34.7 Å². The van der Waals surface area contributed by atoms with Crippen molar-refractivity contribution in [3.8, 4) is 11.5 Å². The average Bonchev–Trinajstić information content (AvgIpc) is 2.72. The minimum Gasteiger partial charge on any atom is -0.486 e. The van der Waals surface area contributed by atoms with Crippen LogP contribution in [0.25, 0.3) is 0 Å². The number of urea groups is 1. The van der Waals surface area contributed by atoms with Gasteiger partial charge < -0.3 is 20.1 Å². The second-order valence-corrected chi connectivity index (χ2v) is 8.66. The third-order valence-corrected chi connectivity index (χ3v) is 5.89. The maximum Gasteiger partial charge on any atom is 0.315 e. The number of carbonyl (C=O) groups is 1. The number of ether oxygens (including phenoxy) is 2. The fourth-order valence-corrected chi connectivity index (χ4v) is 3.66. The summed E-state index contributed by atoms with van der Waals surface area (Å²) in [5.74, 6) is 1.32. The van der Waals surface area contributed by atoms with Crippen molar-refractivity contribution in [2.45, 2.75) is 25.3 Å². The van der Waals surface area contributed by atoms with Gasteiger partial charge >= 0.3 is 6.03 Å². The van der Waals surface area contributed by atoms with Crippen LogP contribution in [0.3, 0.4) is 0 Å². The van der Waals surface area contributed by atoms with Gasteiger partial charge in [0, 0.05) is 6.54 Å². The van der Waals surface area contributed by atoms with Gasteiger partial charge in [0.05, 0.1) is 11.8 Å². The summed E-state index contributed by atoms with van der Waals surface area (Å²) in [6.07, 6.45) is 0. The van der Waals surface area contributed by atoms with Crippen molar-refractivity contribution in [3.05, 3.63) is 59.2 Å². The summed E-state index contributed by atoms with van der Waals surface area (Å²) in [5, 5.41) is 5.69. The maximum atomic E-state index is 12.2. The monoisotopic (exact) mass is 419 g/mol. The van der Waals surface area contributed by atoms with E-state index in [9.17, 15) is 13.2 Å².